The molecule has 1 heterocycles. The lowest BCUT2D eigenvalue weighted by atomic mass is 9.95. The summed E-state index contributed by atoms with van der Waals surface area (Å²) in [4.78, 5) is 39.5. The Kier molecular flexibility index (Phi) is 5.29. The van der Waals surface area contributed by atoms with E-state index in [2.05, 4.69) is 14.5 Å². The maximum Gasteiger partial charge on any atom is 0.343 e. The number of methoxy groups -OCH3 is 2. The van der Waals surface area contributed by atoms with Crippen LogP contribution in [0.3, 0.4) is 0 Å². The van der Waals surface area contributed by atoms with Crippen molar-refractivity contribution in [2.75, 3.05) is 14.2 Å². The monoisotopic (exact) mass is 295 g/mol. The highest BCUT2D eigenvalue weighted by Gasteiger charge is 2.28. The number of pyridine rings is 1. The van der Waals surface area contributed by atoms with E-state index in [1.54, 1.807) is 0 Å². The second-order valence-electron chi connectivity index (χ2n) is 5.32. The van der Waals surface area contributed by atoms with Crippen LogP contribution in [0, 0.1) is 0 Å². The molecule has 21 heavy (non-hydrogen) atoms. The van der Waals surface area contributed by atoms with Crippen molar-refractivity contribution in [3.05, 3.63) is 32.7 Å². The first-order valence-electron chi connectivity index (χ1n) is 6.72. The molecule has 0 aliphatic heterocycles. The van der Waals surface area contributed by atoms with Crippen LogP contribution in [0.4, 0.5) is 0 Å². The third-order valence-electron chi connectivity index (χ3n) is 3.20. The van der Waals surface area contributed by atoms with Crippen LogP contribution >= 0.6 is 0 Å². The number of H-pyrrole nitrogens is 1. The minimum atomic E-state index is -0.764. The van der Waals surface area contributed by atoms with Crippen molar-refractivity contribution in [3.63, 3.8) is 0 Å². The highest BCUT2D eigenvalue weighted by Crippen LogP contribution is 2.22. The maximum atomic E-state index is 12.6. The van der Waals surface area contributed by atoms with Gasteiger partial charge in [-0.25, -0.2) is 9.59 Å². The van der Waals surface area contributed by atoms with Gasteiger partial charge < -0.3 is 14.5 Å². The zero-order valence-corrected chi connectivity index (χ0v) is 13.2. The molecule has 1 N–H and O–H groups in total. The second-order valence-corrected chi connectivity index (χ2v) is 5.32. The minimum absolute atomic E-state index is 0.101. The third-order valence-corrected chi connectivity index (χ3v) is 3.20. The summed E-state index contributed by atoms with van der Waals surface area (Å²) in [5, 5.41) is 0. The van der Waals surface area contributed by atoms with E-state index in [1.807, 2.05) is 27.7 Å². The van der Waals surface area contributed by atoms with Crippen molar-refractivity contribution in [1.82, 2.24) is 4.98 Å². The smallest absolute Gasteiger partial charge is 0.343 e. The Hall–Kier alpha value is -2.11. The molecule has 0 aliphatic rings. The van der Waals surface area contributed by atoms with Crippen LogP contribution in [0.15, 0.2) is 4.79 Å². The summed E-state index contributed by atoms with van der Waals surface area (Å²) in [6.45, 7) is 7.39. The molecule has 0 aromatic carbocycles. The number of nitrogens with one attached hydrogen (secondary N) is 1. The van der Waals surface area contributed by atoms with Crippen molar-refractivity contribution in [2.24, 2.45) is 0 Å². The second kappa shape index (κ2) is 6.56. The summed E-state index contributed by atoms with van der Waals surface area (Å²) >= 11 is 0. The van der Waals surface area contributed by atoms with Gasteiger partial charge in [0.15, 0.2) is 0 Å². The van der Waals surface area contributed by atoms with Gasteiger partial charge in [0.25, 0.3) is 0 Å². The van der Waals surface area contributed by atoms with Crippen molar-refractivity contribution in [2.45, 2.75) is 39.5 Å². The standard InChI is InChI=1S/C15H21NO5/c1-7(2)11-9(14(18)20-5)13(17)10(15(19)21-6)12(16-11)8(3)4/h7-8H,1-6H3,(H,16,17). The quantitative estimate of drug-likeness (QED) is 0.861. The summed E-state index contributed by atoms with van der Waals surface area (Å²) in [7, 11) is 2.39. The molecule has 0 saturated heterocycles. The molecule has 0 unspecified atom stereocenters. The number of aromatic amines is 1. The summed E-state index contributed by atoms with van der Waals surface area (Å²) < 4.78 is 9.33. The highest BCUT2D eigenvalue weighted by atomic mass is 16.5. The normalized spacial score (nSPS) is 10.9. The third kappa shape index (κ3) is 3.15. The lowest BCUT2D eigenvalue weighted by molar-refractivity contribution is 0.0592. The predicted molar refractivity (Wildman–Crippen MR) is 77.9 cm³/mol. The molecule has 1 aromatic heterocycles. The molecule has 6 nitrogen and oxygen atoms in total. The van der Waals surface area contributed by atoms with Gasteiger partial charge in [-0.1, -0.05) is 27.7 Å². The first-order valence-corrected chi connectivity index (χ1v) is 6.72. The molecule has 0 amide bonds. The molecule has 0 bridgehead atoms. The fourth-order valence-electron chi connectivity index (χ4n) is 2.12. The minimum Gasteiger partial charge on any atom is -0.465 e. The van der Waals surface area contributed by atoms with Crippen LogP contribution in [-0.2, 0) is 9.47 Å². The average Bonchev–Trinajstić information content (AvgIpc) is 2.44. The van der Waals surface area contributed by atoms with Gasteiger partial charge in [0.1, 0.15) is 11.1 Å². The van der Waals surface area contributed by atoms with Crippen LogP contribution in [-0.4, -0.2) is 31.1 Å². The molecule has 116 valence electrons. The van der Waals surface area contributed by atoms with Crippen LogP contribution in [0.2, 0.25) is 0 Å². The van der Waals surface area contributed by atoms with Crippen LogP contribution in [0.5, 0.6) is 0 Å². The number of hydrogen-bond acceptors (Lipinski definition) is 5. The molecule has 1 rings (SSSR count). The molecular weight excluding hydrogens is 274 g/mol. The Morgan fingerprint density at radius 2 is 1.19 bits per heavy atom. The first-order chi connectivity index (χ1) is 9.76. The Morgan fingerprint density at radius 1 is 0.857 bits per heavy atom. The number of ether oxygens (including phenoxy) is 2. The van der Waals surface area contributed by atoms with E-state index in [1.165, 1.54) is 14.2 Å². The fraction of sp³-hybridized carbons (Fsp3) is 0.533. The van der Waals surface area contributed by atoms with Gasteiger partial charge in [0, 0.05) is 11.4 Å². The zero-order chi connectivity index (χ0) is 16.3. The van der Waals surface area contributed by atoms with E-state index < -0.39 is 17.4 Å². The number of hydrogen-bond donors (Lipinski definition) is 1. The van der Waals surface area contributed by atoms with Crippen molar-refractivity contribution in [1.29, 1.82) is 0 Å². The molecule has 0 saturated carbocycles. The number of aromatic nitrogens is 1. The fourth-order valence-corrected chi connectivity index (χ4v) is 2.12. The molecule has 0 aliphatic carbocycles. The average molecular weight is 295 g/mol. The van der Waals surface area contributed by atoms with Crippen LogP contribution in [0.1, 0.15) is 71.6 Å². The molecular formula is C15H21NO5. The largest absolute Gasteiger partial charge is 0.465 e. The Bertz CT molecular complexity index is 564. The first kappa shape index (κ1) is 16.9. The number of carbonyl (C=O) groups excluding carboxylic acids is 2. The van der Waals surface area contributed by atoms with Gasteiger partial charge in [0.05, 0.1) is 14.2 Å². The van der Waals surface area contributed by atoms with Crippen molar-refractivity contribution >= 4 is 11.9 Å². The zero-order valence-electron chi connectivity index (χ0n) is 13.2. The maximum absolute atomic E-state index is 12.6. The van der Waals surface area contributed by atoms with Crippen LogP contribution in [0.25, 0.3) is 0 Å². The topological polar surface area (TPSA) is 85.5 Å². The molecule has 0 spiro atoms. The Labute approximate surface area is 123 Å². The van der Waals surface area contributed by atoms with E-state index in [0.29, 0.717) is 11.4 Å². The molecule has 0 atom stereocenters. The van der Waals surface area contributed by atoms with Gasteiger partial charge in [-0.05, 0) is 11.8 Å². The van der Waals surface area contributed by atoms with E-state index in [9.17, 15) is 14.4 Å². The summed E-state index contributed by atoms with van der Waals surface area (Å²) in [6, 6.07) is 0. The molecule has 0 radical (unpaired) electrons. The molecule has 0 fully saturated rings. The number of esters is 2. The van der Waals surface area contributed by atoms with Crippen LogP contribution < -0.4 is 5.43 Å². The lowest BCUT2D eigenvalue weighted by Gasteiger charge is -2.18. The molecule has 6 heteroatoms. The van der Waals surface area contributed by atoms with Crippen molar-refractivity contribution in [3.8, 4) is 0 Å². The number of rotatable bonds is 4. The lowest BCUT2D eigenvalue weighted by Crippen LogP contribution is -2.30. The highest BCUT2D eigenvalue weighted by molar-refractivity contribution is 5.96. The van der Waals surface area contributed by atoms with Crippen molar-refractivity contribution < 1.29 is 19.1 Å². The van der Waals surface area contributed by atoms with E-state index in [4.69, 9.17) is 0 Å². The van der Waals surface area contributed by atoms with E-state index >= 15 is 0 Å². The van der Waals surface area contributed by atoms with Gasteiger partial charge in [0.2, 0.25) is 5.43 Å². The molecule has 1 aromatic rings. The van der Waals surface area contributed by atoms with E-state index in [0.717, 1.165) is 0 Å². The van der Waals surface area contributed by atoms with Gasteiger partial charge in [-0.15, -0.1) is 0 Å². The predicted octanol–water partition coefficient (Wildman–Crippen LogP) is 2.19. The summed E-state index contributed by atoms with van der Waals surface area (Å²) in [6.07, 6.45) is 0. The Morgan fingerprint density at radius 3 is 1.43 bits per heavy atom. The SMILES string of the molecule is COC(=O)c1c(C(C)C)[nH]c(C(C)C)c(C(=O)OC)c1=O. The summed E-state index contributed by atoms with van der Waals surface area (Å²) in [5.41, 5.74) is -0.0131. The number of carbonyl (C=O) groups is 2. The summed E-state index contributed by atoms with van der Waals surface area (Å²) in [5.74, 6) is -1.73. The van der Waals surface area contributed by atoms with Gasteiger partial charge in [-0.2, -0.15) is 0 Å². The van der Waals surface area contributed by atoms with E-state index in [-0.39, 0.29) is 23.0 Å². The van der Waals surface area contributed by atoms with Gasteiger partial charge in [-0.3, -0.25) is 4.79 Å². The Balaban J connectivity index is 3.85. The van der Waals surface area contributed by atoms with Gasteiger partial charge >= 0.3 is 11.9 Å².